The van der Waals surface area contributed by atoms with Crippen LogP contribution in [0, 0.1) is 6.92 Å². The van der Waals surface area contributed by atoms with Gasteiger partial charge in [0.25, 0.3) is 5.91 Å². The first kappa shape index (κ1) is 15.2. The van der Waals surface area contributed by atoms with E-state index in [0.717, 1.165) is 46.7 Å². The number of carbonyl (C=O) groups excluding carboxylic acids is 1. The van der Waals surface area contributed by atoms with Crippen LogP contribution >= 0.6 is 11.3 Å². The number of rotatable bonds is 4. The number of nitrogens with zero attached hydrogens (tertiary/aromatic N) is 5. The maximum atomic E-state index is 12.8. The van der Waals surface area contributed by atoms with Gasteiger partial charge in [0, 0.05) is 18.7 Å². The first-order valence-corrected chi connectivity index (χ1v) is 8.86. The van der Waals surface area contributed by atoms with Gasteiger partial charge in [-0.25, -0.2) is 4.98 Å². The number of carbonyl (C=O) groups is 1. The van der Waals surface area contributed by atoms with E-state index in [4.69, 9.17) is 4.98 Å². The van der Waals surface area contributed by atoms with Crippen molar-refractivity contribution in [2.75, 3.05) is 5.32 Å². The fourth-order valence-corrected chi connectivity index (χ4v) is 3.52. The summed E-state index contributed by atoms with van der Waals surface area (Å²) in [6.45, 7) is 3.91. The van der Waals surface area contributed by atoms with Crippen LogP contribution in [-0.4, -0.2) is 30.9 Å². The summed E-state index contributed by atoms with van der Waals surface area (Å²) in [4.78, 5) is 17.6. The molecule has 0 saturated heterocycles. The number of pyridine rings is 1. The summed E-state index contributed by atoms with van der Waals surface area (Å²) < 4.78 is 1.74. The number of aromatic nitrogens is 5. The number of amides is 1. The van der Waals surface area contributed by atoms with Crippen molar-refractivity contribution >= 4 is 33.4 Å². The average Bonchev–Trinajstić information content (AvgIpc) is 3.26. The lowest BCUT2D eigenvalue weighted by Crippen LogP contribution is -2.13. The van der Waals surface area contributed by atoms with Crippen molar-refractivity contribution < 1.29 is 4.79 Å². The average molecular weight is 342 g/mol. The van der Waals surface area contributed by atoms with Gasteiger partial charge in [0.05, 0.1) is 16.6 Å². The highest BCUT2D eigenvalue weighted by Crippen LogP contribution is 2.40. The second-order valence-electron chi connectivity index (χ2n) is 6.09. The number of aryl methyl sites for hydroxylation is 3. The van der Waals surface area contributed by atoms with Gasteiger partial charge in [0.1, 0.15) is 5.01 Å². The van der Waals surface area contributed by atoms with E-state index in [9.17, 15) is 4.79 Å². The van der Waals surface area contributed by atoms with Crippen LogP contribution in [0.1, 0.15) is 52.4 Å². The number of hydrogen-bond acceptors (Lipinski definition) is 6. The van der Waals surface area contributed by atoms with Gasteiger partial charge < -0.3 is 0 Å². The third kappa shape index (κ3) is 2.56. The number of nitrogens with one attached hydrogen (secondary N) is 1. The Bertz CT molecular complexity index is 940. The number of anilines is 1. The quantitative estimate of drug-likeness (QED) is 0.788. The standard InChI is InChI=1S/C16H18N6OS/c1-4-12-19-20-16(24-12)18-15(23)10-7-11(9-5-6-9)17-14-13(10)8(2)21-22(14)3/h7,9H,4-6H2,1-3H3,(H,18,20,23). The molecule has 0 unspecified atom stereocenters. The van der Waals surface area contributed by atoms with Gasteiger partial charge in [0.15, 0.2) is 5.65 Å². The zero-order chi connectivity index (χ0) is 16.8. The third-order valence-corrected chi connectivity index (χ3v) is 5.20. The minimum Gasteiger partial charge on any atom is -0.296 e. The van der Waals surface area contributed by atoms with E-state index in [-0.39, 0.29) is 5.91 Å². The van der Waals surface area contributed by atoms with Crippen molar-refractivity contribution in [2.45, 2.75) is 39.0 Å². The molecule has 4 rings (SSSR count). The molecule has 124 valence electrons. The van der Waals surface area contributed by atoms with Crippen molar-refractivity contribution in [1.29, 1.82) is 0 Å². The molecule has 3 heterocycles. The van der Waals surface area contributed by atoms with Crippen LogP contribution in [0.25, 0.3) is 11.0 Å². The largest absolute Gasteiger partial charge is 0.296 e. The molecule has 1 aliphatic carbocycles. The molecule has 0 aromatic carbocycles. The zero-order valence-corrected chi connectivity index (χ0v) is 14.6. The molecule has 1 N–H and O–H groups in total. The van der Waals surface area contributed by atoms with E-state index in [1.807, 2.05) is 27.0 Å². The lowest BCUT2D eigenvalue weighted by molar-refractivity contribution is 0.102. The minimum atomic E-state index is -0.181. The van der Waals surface area contributed by atoms with Crippen molar-refractivity contribution in [3.63, 3.8) is 0 Å². The van der Waals surface area contributed by atoms with Crippen LogP contribution in [0.5, 0.6) is 0 Å². The van der Waals surface area contributed by atoms with E-state index in [2.05, 4.69) is 20.6 Å². The monoisotopic (exact) mass is 342 g/mol. The molecule has 1 fully saturated rings. The number of hydrogen-bond donors (Lipinski definition) is 1. The maximum absolute atomic E-state index is 12.8. The van der Waals surface area contributed by atoms with Crippen LogP contribution in [0.2, 0.25) is 0 Å². The molecule has 24 heavy (non-hydrogen) atoms. The number of fused-ring (bicyclic) bond motifs is 1. The Morgan fingerprint density at radius 2 is 2.21 bits per heavy atom. The van der Waals surface area contributed by atoms with Gasteiger partial charge in [-0.2, -0.15) is 5.10 Å². The van der Waals surface area contributed by atoms with E-state index < -0.39 is 0 Å². The van der Waals surface area contributed by atoms with Crippen molar-refractivity contribution in [3.8, 4) is 0 Å². The Morgan fingerprint density at radius 1 is 1.42 bits per heavy atom. The smallest absolute Gasteiger partial charge is 0.258 e. The Balaban J connectivity index is 1.77. The molecule has 1 saturated carbocycles. The van der Waals surface area contributed by atoms with Crippen LogP contribution in [0.3, 0.4) is 0 Å². The summed E-state index contributed by atoms with van der Waals surface area (Å²) in [5, 5.41) is 17.6. The molecule has 0 aliphatic heterocycles. The van der Waals surface area contributed by atoms with Crippen LogP contribution < -0.4 is 5.32 Å². The first-order valence-electron chi connectivity index (χ1n) is 8.04. The van der Waals surface area contributed by atoms with Gasteiger partial charge in [-0.3, -0.25) is 14.8 Å². The summed E-state index contributed by atoms with van der Waals surface area (Å²) in [5.41, 5.74) is 3.15. The normalized spacial score (nSPS) is 14.3. The van der Waals surface area contributed by atoms with Gasteiger partial charge in [-0.1, -0.05) is 18.3 Å². The van der Waals surface area contributed by atoms with E-state index in [1.165, 1.54) is 11.3 Å². The highest BCUT2D eigenvalue weighted by Gasteiger charge is 2.28. The van der Waals surface area contributed by atoms with Crippen LogP contribution in [0.15, 0.2) is 6.07 Å². The molecule has 1 aliphatic rings. The minimum absolute atomic E-state index is 0.181. The molecule has 1 amide bonds. The Kier molecular flexibility index (Phi) is 3.56. The van der Waals surface area contributed by atoms with E-state index >= 15 is 0 Å². The highest BCUT2D eigenvalue weighted by molar-refractivity contribution is 7.15. The maximum Gasteiger partial charge on any atom is 0.258 e. The third-order valence-electron chi connectivity index (χ3n) is 4.22. The van der Waals surface area contributed by atoms with E-state index in [0.29, 0.717) is 16.6 Å². The molecule has 0 radical (unpaired) electrons. The lowest BCUT2D eigenvalue weighted by Gasteiger charge is -2.07. The second-order valence-corrected chi connectivity index (χ2v) is 7.15. The summed E-state index contributed by atoms with van der Waals surface area (Å²) in [7, 11) is 1.86. The Morgan fingerprint density at radius 3 is 2.88 bits per heavy atom. The highest BCUT2D eigenvalue weighted by atomic mass is 32.1. The Labute approximate surface area is 143 Å². The van der Waals surface area contributed by atoms with Gasteiger partial charge in [-0.15, -0.1) is 10.2 Å². The summed E-state index contributed by atoms with van der Waals surface area (Å²) in [5.74, 6) is 0.281. The van der Waals surface area contributed by atoms with Gasteiger partial charge in [-0.05, 0) is 32.3 Å². The molecule has 0 spiro atoms. The van der Waals surface area contributed by atoms with Crippen LogP contribution in [0.4, 0.5) is 5.13 Å². The zero-order valence-electron chi connectivity index (χ0n) is 13.8. The fraction of sp³-hybridized carbons (Fsp3) is 0.438. The molecule has 8 heteroatoms. The molecule has 3 aromatic rings. The summed E-state index contributed by atoms with van der Waals surface area (Å²) >= 11 is 1.40. The molecule has 0 atom stereocenters. The first-order chi connectivity index (χ1) is 11.6. The molecule has 3 aromatic heterocycles. The lowest BCUT2D eigenvalue weighted by atomic mass is 10.1. The van der Waals surface area contributed by atoms with Gasteiger partial charge >= 0.3 is 0 Å². The SMILES string of the molecule is CCc1nnc(NC(=O)c2cc(C3CC3)nc3c2c(C)nn3C)s1. The van der Waals surface area contributed by atoms with Crippen molar-refractivity contribution in [2.24, 2.45) is 7.05 Å². The van der Waals surface area contributed by atoms with Crippen LogP contribution in [-0.2, 0) is 13.5 Å². The van der Waals surface area contributed by atoms with Gasteiger partial charge in [0.2, 0.25) is 5.13 Å². The van der Waals surface area contributed by atoms with Crippen molar-refractivity contribution in [1.82, 2.24) is 25.0 Å². The molecular formula is C16H18N6OS. The summed E-state index contributed by atoms with van der Waals surface area (Å²) in [6, 6.07) is 1.91. The van der Waals surface area contributed by atoms with Crippen molar-refractivity contribution in [3.05, 3.63) is 28.0 Å². The van der Waals surface area contributed by atoms with E-state index in [1.54, 1.807) is 4.68 Å². The Hall–Kier alpha value is -2.35. The summed E-state index contributed by atoms with van der Waals surface area (Å²) in [6.07, 6.45) is 3.07. The predicted molar refractivity (Wildman–Crippen MR) is 92.5 cm³/mol. The molecular weight excluding hydrogens is 324 g/mol. The second kappa shape index (κ2) is 5.62. The predicted octanol–water partition coefficient (Wildman–Crippen LogP) is 2.82. The molecule has 0 bridgehead atoms. The molecule has 7 nitrogen and oxygen atoms in total. The fourth-order valence-electron chi connectivity index (χ4n) is 2.84. The topological polar surface area (TPSA) is 85.6 Å².